The first-order valence-electron chi connectivity index (χ1n) is 0.740. The Morgan fingerprint density at radius 3 is 1.80 bits per heavy atom. The van der Waals surface area contributed by atoms with Gasteiger partial charge in [0.25, 0.3) is 0 Å². The van der Waals surface area contributed by atoms with Crippen molar-refractivity contribution < 1.29 is 8.42 Å². The monoisotopic (exact) mass is 90.0 g/mol. The number of rotatable bonds is 0. The van der Waals surface area contributed by atoms with E-state index in [1.807, 2.05) is 0 Å². The summed E-state index contributed by atoms with van der Waals surface area (Å²) in [4.78, 5) is 0. The molecule has 0 atom stereocenters. The fourth-order valence-corrected chi connectivity index (χ4v) is 0. The molecule has 0 unspecified atom stereocenters. The molecule has 0 aromatic rings. The molecule has 0 heterocycles. The van der Waals surface area contributed by atoms with Crippen LogP contribution in [0.25, 0.3) is 0 Å². The second-order valence-electron chi connectivity index (χ2n) is 0.308. The third kappa shape index (κ3) is 3.62. The summed E-state index contributed by atoms with van der Waals surface area (Å²) >= 11 is 0. The first-order chi connectivity index (χ1) is 2.27. The van der Waals surface area contributed by atoms with Gasteiger partial charge in [-0.15, -0.1) is 0 Å². The van der Waals surface area contributed by atoms with Crippen molar-refractivity contribution >= 4 is 10.5 Å². The highest BCUT2D eigenvalue weighted by Gasteiger charge is 1.49. The van der Waals surface area contributed by atoms with Crippen LogP contribution >= 0.6 is 0 Å². The predicted molar refractivity (Wildman–Crippen MR) is 14.6 cm³/mol. The fourth-order valence-electron chi connectivity index (χ4n) is 0. The van der Waals surface area contributed by atoms with Crippen molar-refractivity contribution in [2.24, 2.45) is 4.36 Å². The molecule has 0 aromatic carbocycles. The van der Waals surface area contributed by atoms with E-state index in [-0.39, 0.29) is 0 Å². The molecule has 0 N–H and O–H groups in total. The van der Waals surface area contributed by atoms with Crippen molar-refractivity contribution in [1.82, 2.24) is 0 Å². The molecule has 0 aliphatic rings. The molecule has 0 spiro atoms. The Kier molecular flexibility index (Phi) is 1.75. The van der Waals surface area contributed by atoms with Gasteiger partial charge in [0.2, 0.25) is 0 Å². The molecule has 5 heavy (non-hydrogen) atoms. The maximum atomic E-state index is 9.01. The van der Waals surface area contributed by atoms with Crippen LogP contribution in [-0.2, 0) is 10.5 Å². The molecule has 0 saturated carbocycles. The van der Waals surface area contributed by atoms with E-state index in [1.165, 1.54) is 0 Å². The van der Waals surface area contributed by atoms with Crippen molar-refractivity contribution in [2.75, 3.05) is 0 Å². The third-order valence-electron chi connectivity index (χ3n) is 0.0745. The minimum Gasteiger partial charge on any atom is -0.164 e. The quantitative estimate of drug-likeness (QED) is 0.406. The topological polar surface area (TPSA) is 46.5 Å². The Balaban J connectivity index is 4.25. The summed E-state index contributed by atoms with van der Waals surface area (Å²) in [6.45, 7) is 0. The summed E-state index contributed by atoms with van der Waals surface area (Å²) in [6.07, 6.45) is 0. The molecule has 0 bridgehead atoms. The first-order valence-corrected chi connectivity index (χ1v) is 1.77. The van der Waals surface area contributed by atoms with Crippen molar-refractivity contribution in [1.29, 1.82) is 0 Å². The van der Waals surface area contributed by atoms with E-state index < -0.39 is 10.5 Å². The second-order valence-corrected chi connectivity index (χ2v) is 0.925. The average molecular weight is 90.1 g/mol. The van der Waals surface area contributed by atoms with E-state index in [0.717, 1.165) is 0 Å². The molecule has 0 aliphatic carbocycles. The standard InChI is InChI=1S/CNO2S/c1-2-5(3)4. The molecule has 3 radical (unpaired) electrons. The number of hydrogen-bond acceptors (Lipinski definition) is 3. The highest BCUT2D eigenvalue weighted by molar-refractivity contribution is 7.61. The summed E-state index contributed by atoms with van der Waals surface area (Å²) in [5.74, 6) is 0. The second kappa shape index (κ2) is 1.90. The summed E-state index contributed by atoms with van der Waals surface area (Å²) in [5, 5.41) is 0. The van der Waals surface area contributed by atoms with Crippen LogP contribution in [0.2, 0.25) is 0 Å². The summed E-state index contributed by atoms with van der Waals surface area (Å²) in [5.41, 5.74) is 0. The third-order valence-corrected chi connectivity index (χ3v) is 0.224. The van der Waals surface area contributed by atoms with E-state index in [1.54, 1.807) is 0 Å². The predicted octanol–water partition coefficient (Wildman–Crippen LogP) is -0.405. The SMILES string of the molecule is [C]N=S(=O)=O. The minimum absolute atomic E-state index is 2.06. The van der Waals surface area contributed by atoms with Crippen LogP contribution in [0, 0.1) is 7.05 Å². The Hall–Kier alpha value is -0.380. The van der Waals surface area contributed by atoms with E-state index in [4.69, 9.17) is 15.5 Å². The average Bonchev–Trinajstić information content (AvgIpc) is 1.38. The number of nitrogens with zero attached hydrogens (tertiary/aromatic N) is 1. The van der Waals surface area contributed by atoms with Crippen LogP contribution in [0.3, 0.4) is 0 Å². The van der Waals surface area contributed by atoms with Gasteiger partial charge in [0.1, 0.15) is 0 Å². The van der Waals surface area contributed by atoms with Crippen molar-refractivity contribution in [2.45, 2.75) is 0 Å². The van der Waals surface area contributed by atoms with Gasteiger partial charge in [-0.1, -0.05) is 0 Å². The van der Waals surface area contributed by atoms with Gasteiger partial charge in [0.05, 0.1) is 0 Å². The highest BCUT2D eigenvalue weighted by atomic mass is 32.2. The smallest absolute Gasteiger partial charge is 0.164 e. The van der Waals surface area contributed by atoms with Crippen LogP contribution < -0.4 is 0 Å². The molecule has 27 valence electrons. The lowest BCUT2D eigenvalue weighted by Gasteiger charge is -1.38. The van der Waals surface area contributed by atoms with Crippen LogP contribution in [0.5, 0.6) is 0 Å². The zero-order chi connectivity index (χ0) is 4.28. The zero-order valence-electron chi connectivity index (χ0n) is 2.17. The molecule has 0 aromatic heterocycles. The van der Waals surface area contributed by atoms with Crippen molar-refractivity contribution in [3.63, 3.8) is 0 Å². The van der Waals surface area contributed by atoms with Gasteiger partial charge in [0, 0.05) is 0 Å². The molecule has 0 rings (SSSR count). The zero-order valence-corrected chi connectivity index (χ0v) is 2.99. The van der Waals surface area contributed by atoms with Gasteiger partial charge in [0.15, 0.2) is 7.05 Å². The highest BCUT2D eigenvalue weighted by Crippen LogP contribution is 1.46. The van der Waals surface area contributed by atoms with Gasteiger partial charge < -0.3 is 0 Å². The largest absolute Gasteiger partial charge is 0.311 e. The summed E-state index contributed by atoms with van der Waals surface area (Å²) in [7, 11) is 3.14. The normalized spacial score (nSPS) is 6.60. The minimum atomic E-state index is -2.53. The van der Waals surface area contributed by atoms with Gasteiger partial charge >= 0.3 is 10.5 Å². The number of hydrogen-bond donors (Lipinski definition) is 0. The Morgan fingerprint density at radius 1 is 1.60 bits per heavy atom. The van der Waals surface area contributed by atoms with Crippen LogP contribution in [0.1, 0.15) is 0 Å². The lowest BCUT2D eigenvalue weighted by molar-refractivity contribution is 0.622. The Bertz CT molecular complexity index is 113. The van der Waals surface area contributed by atoms with Gasteiger partial charge in [-0.2, -0.15) is 12.8 Å². The molecule has 0 aliphatic heterocycles. The fraction of sp³-hybridized carbons (Fsp3) is 0. The molecule has 0 saturated heterocycles. The Morgan fingerprint density at radius 2 is 1.80 bits per heavy atom. The lowest BCUT2D eigenvalue weighted by Crippen LogP contribution is -1.43. The molecule has 0 amide bonds. The molecular weight excluding hydrogens is 90.1 g/mol. The van der Waals surface area contributed by atoms with Crippen molar-refractivity contribution in [3.05, 3.63) is 7.05 Å². The Labute approximate surface area is 31.3 Å². The first kappa shape index (κ1) is 4.62. The molecular formula is CNO2S. The van der Waals surface area contributed by atoms with Crippen LogP contribution in [-0.4, -0.2) is 8.42 Å². The van der Waals surface area contributed by atoms with E-state index in [2.05, 4.69) is 4.36 Å². The van der Waals surface area contributed by atoms with Gasteiger partial charge in [-0.05, 0) is 0 Å². The summed E-state index contributed by atoms with van der Waals surface area (Å²) in [6, 6.07) is 0. The van der Waals surface area contributed by atoms with E-state index in [9.17, 15) is 0 Å². The van der Waals surface area contributed by atoms with E-state index in [0.29, 0.717) is 0 Å². The van der Waals surface area contributed by atoms with E-state index >= 15 is 0 Å². The molecule has 3 nitrogen and oxygen atoms in total. The van der Waals surface area contributed by atoms with Gasteiger partial charge in [-0.3, -0.25) is 0 Å². The molecule has 4 heteroatoms. The summed E-state index contributed by atoms with van der Waals surface area (Å²) < 4.78 is 20.1. The maximum absolute atomic E-state index is 9.01. The lowest BCUT2D eigenvalue weighted by atomic mass is 11.6. The van der Waals surface area contributed by atoms with Crippen LogP contribution in [0.15, 0.2) is 4.36 Å². The molecule has 0 fully saturated rings. The van der Waals surface area contributed by atoms with Crippen LogP contribution in [0.4, 0.5) is 0 Å². The maximum Gasteiger partial charge on any atom is 0.311 e. The van der Waals surface area contributed by atoms with Gasteiger partial charge in [-0.25, -0.2) is 0 Å². The van der Waals surface area contributed by atoms with Crippen molar-refractivity contribution in [3.8, 4) is 0 Å².